The molecule has 1 aromatic carbocycles. The number of nitrogens with one attached hydrogen (secondary N) is 1. The molecule has 0 bridgehead atoms. The summed E-state index contributed by atoms with van der Waals surface area (Å²) in [5.41, 5.74) is 1.26. The quantitative estimate of drug-likeness (QED) is 0.882. The molecule has 23 heavy (non-hydrogen) atoms. The second kappa shape index (κ2) is 7.66. The predicted molar refractivity (Wildman–Crippen MR) is 91.2 cm³/mol. The fourth-order valence-corrected chi connectivity index (χ4v) is 3.69. The van der Waals surface area contributed by atoms with E-state index >= 15 is 0 Å². The molecule has 2 aromatic rings. The summed E-state index contributed by atoms with van der Waals surface area (Å²) in [7, 11) is 0. The molecule has 5 nitrogen and oxygen atoms in total. The SMILES string of the molecule is Cc1nnc(CCNC(=O)C2CCCN2Cc2ccccc2)s1. The van der Waals surface area contributed by atoms with Crippen molar-refractivity contribution >= 4 is 17.2 Å². The first-order valence-corrected chi connectivity index (χ1v) is 8.89. The fourth-order valence-electron chi connectivity index (χ4n) is 2.98. The first kappa shape index (κ1) is 16.1. The molecule has 122 valence electrons. The van der Waals surface area contributed by atoms with Crippen LogP contribution in [0.5, 0.6) is 0 Å². The van der Waals surface area contributed by atoms with E-state index in [0.717, 1.165) is 42.4 Å². The van der Waals surface area contributed by atoms with E-state index in [1.807, 2.05) is 25.1 Å². The molecule has 1 aromatic heterocycles. The molecule has 1 N–H and O–H groups in total. The van der Waals surface area contributed by atoms with E-state index in [9.17, 15) is 4.79 Å². The molecule has 2 heterocycles. The summed E-state index contributed by atoms with van der Waals surface area (Å²) in [5.74, 6) is 0.139. The minimum absolute atomic E-state index is 0.00800. The maximum atomic E-state index is 12.5. The van der Waals surface area contributed by atoms with Gasteiger partial charge in [-0.05, 0) is 31.9 Å². The zero-order valence-corrected chi connectivity index (χ0v) is 14.2. The van der Waals surface area contributed by atoms with Gasteiger partial charge in [0.1, 0.15) is 10.0 Å². The van der Waals surface area contributed by atoms with Gasteiger partial charge in [-0.1, -0.05) is 30.3 Å². The van der Waals surface area contributed by atoms with Crippen molar-refractivity contribution in [3.05, 3.63) is 45.9 Å². The van der Waals surface area contributed by atoms with Gasteiger partial charge < -0.3 is 5.32 Å². The number of carbonyl (C=O) groups is 1. The first-order valence-electron chi connectivity index (χ1n) is 8.07. The van der Waals surface area contributed by atoms with Gasteiger partial charge in [0.15, 0.2) is 0 Å². The number of aromatic nitrogens is 2. The Morgan fingerprint density at radius 1 is 1.35 bits per heavy atom. The Bertz CT molecular complexity index is 643. The maximum Gasteiger partial charge on any atom is 0.237 e. The number of nitrogens with zero attached hydrogens (tertiary/aromatic N) is 3. The van der Waals surface area contributed by atoms with Crippen molar-refractivity contribution < 1.29 is 4.79 Å². The smallest absolute Gasteiger partial charge is 0.237 e. The fraction of sp³-hybridized carbons (Fsp3) is 0.471. The summed E-state index contributed by atoms with van der Waals surface area (Å²) in [4.78, 5) is 14.7. The molecule has 1 amide bonds. The van der Waals surface area contributed by atoms with Gasteiger partial charge >= 0.3 is 0 Å². The van der Waals surface area contributed by atoms with Crippen molar-refractivity contribution in [2.45, 2.75) is 38.8 Å². The Morgan fingerprint density at radius 2 is 2.17 bits per heavy atom. The lowest BCUT2D eigenvalue weighted by atomic mass is 10.1. The lowest BCUT2D eigenvalue weighted by Gasteiger charge is -2.23. The van der Waals surface area contributed by atoms with Gasteiger partial charge in [0, 0.05) is 19.5 Å². The highest BCUT2D eigenvalue weighted by atomic mass is 32.1. The van der Waals surface area contributed by atoms with Gasteiger partial charge in [0.25, 0.3) is 0 Å². The van der Waals surface area contributed by atoms with Crippen molar-refractivity contribution in [3.8, 4) is 0 Å². The number of hydrogen-bond donors (Lipinski definition) is 1. The summed E-state index contributed by atoms with van der Waals surface area (Å²) in [6.07, 6.45) is 2.78. The van der Waals surface area contributed by atoms with E-state index in [2.05, 4.69) is 32.5 Å². The second-order valence-electron chi connectivity index (χ2n) is 5.87. The summed E-state index contributed by atoms with van der Waals surface area (Å²) < 4.78 is 0. The Morgan fingerprint density at radius 3 is 2.91 bits per heavy atom. The number of likely N-dealkylation sites (tertiary alicyclic amines) is 1. The molecule has 1 saturated heterocycles. The molecule has 6 heteroatoms. The van der Waals surface area contributed by atoms with Gasteiger partial charge in [-0.3, -0.25) is 9.69 Å². The van der Waals surface area contributed by atoms with Crippen molar-refractivity contribution in [2.24, 2.45) is 0 Å². The van der Waals surface area contributed by atoms with Crippen LogP contribution in [0.25, 0.3) is 0 Å². The molecule has 1 aliphatic rings. The summed E-state index contributed by atoms with van der Waals surface area (Å²) in [6, 6.07) is 10.3. The Balaban J connectivity index is 1.49. The average molecular weight is 330 g/mol. The Hall–Kier alpha value is -1.79. The van der Waals surface area contributed by atoms with Crippen LogP contribution < -0.4 is 5.32 Å². The molecular weight excluding hydrogens is 308 g/mol. The van der Waals surface area contributed by atoms with Crippen LogP contribution >= 0.6 is 11.3 Å². The third kappa shape index (κ3) is 4.36. The minimum atomic E-state index is -0.00800. The van der Waals surface area contributed by atoms with E-state index in [0.29, 0.717) is 6.54 Å². The van der Waals surface area contributed by atoms with Crippen LogP contribution in [0.3, 0.4) is 0 Å². The van der Waals surface area contributed by atoms with Crippen LogP contribution in [-0.2, 0) is 17.8 Å². The summed E-state index contributed by atoms with van der Waals surface area (Å²) in [5, 5.41) is 13.1. The largest absolute Gasteiger partial charge is 0.354 e. The molecule has 0 radical (unpaired) electrons. The van der Waals surface area contributed by atoms with Crippen molar-refractivity contribution in [3.63, 3.8) is 0 Å². The Labute approximate surface area is 140 Å². The molecule has 1 aliphatic heterocycles. The number of amides is 1. The number of hydrogen-bond acceptors (Lipinski definition) is 5. The standard InChI is InChI=1S/C17H22N4OS/c1-13-19-20-16(23-13)9-10-18-17(22)15-8-5-11-21(15)12-14-6-3-2-4-7-14/h2-4,6-7,15H,5,8-12H2,1H3,(H,18,22). The normalized spacial score (nSPS) is 18.2. The number of rotatable bonds is 6. The Kier molecular flexibility index (Phi) is 5.35. The maximum absolute atomic E-state index is 12.5. The van der Waals surface area contributed by atoms with Crippen LogP contribution in [-0.4, -0.2) is 40.1 Å². The molecule has 0 saturated carbocycles. The zero-order chi connectivity index (χ0) is 16.1. The van der Waals surface area contributed by atoms with Crippen molar-refractivity contribution in [1.29, 1.82) is 0 Å². The lowest BCUT2D eigenvalue weighted by Crippen LogP contribution is -2.43. The van der Waals surface area contributed by atoms with E-state index < -0.39 is 0 Å². The number of benzene rings is 1. The van der Waals surface area contributed by atoms with E-state index in [4.69, 9.17) is 0 Å². The van der Waals surface area contributed by atoms with Crippen LogP contribution in [0.15, 0.2) is 30.3 Å². The van der Waals surface area contributed by atoms with Gasteiger partial charge in [-0.15, -0.1) is 21.5 Å². The third-order valence-corrected chi connectivity index (χ3v) is 5.00. The molecule has 1 unspecified atom stereocenters. The monoisotopic (exact) mass is 330 g/mol. The highest BCUT2D eigenvalue weighted by Gasteiger charge is 2.30. The molecule has 3 rings (SSSR count). The number of aryl methyl sites for hydroxylation is 1. The average Bonchev–Trinajstić information content (AvgIpc) is 3.17. The molecule has 0 aliphatic carbocycles. The zero-order valence-electron chi connectivity index (χ0n) is 13.4. The topological polar surface area (TPSA) is 58.1 Å². The van der Waals surface area contributed by atoms with Gasteiger partial charge in [0.05, 0.1) is 6.04 Å². The molecule has 0 spiro atoms. The third-order valence-electron chi connectivity index (χ3n) is 4.10. The van der Waals surface area contributed by atoms with Crippen LogP contribution in [0.2, 0.25) is 0 Å². The number of carbonyl (C=O) groups excluding carboxylic acids is 1. The highest BCUT2D eigenvalue weighted by Crippen LogP contribution is 2.20. The second-order valence-corrected chi connectivity index (χ2v) is 7.14. The van der Waals surface area contributed by atoms with E-state index in [-0.39, 0.29) is 11.9 Å². The van der Waals surface area contributed by atoms with Gasteiger partial charge in [-0.25, -0.2) is 0 Å². The summed E-state index contributed by atoms with van der Waals surface area (Å²) >= 11 is 1.59. The predicted octanol–water partition coefficient (Wildman–Crippen LogP) is 2.17. The van der Waals surface area contributed by atoms with Gasteiger partial charge in [-0.2, -0.15) is 0 Å². The highest BCUT2D eigenvalue weighted by molar-refractivity contribution is 7.11. The van der Waals surface area contributed by atoms with Crippen LogP contribution in [0.1, 0.15) is 28.4 Å². The first-order chi connectivity index (χ1) is 11.2. The van der Waals surface area contributed by atoms with Crippen LogP contribution in [0, 0.1) is 6.92 Å². The van der Waals surface area contributed by atoms with Crippen molar-refractivity contribution in [1.82, 2.24) is 20.4 Å². The molecule has 1 fully saturated rings. The van der Waals surface area contributed by atoms with Gasteiger partial charge in [0.2, 0.25) is 5.91 Å². The molecular formula is C17H22N4OS. The van der Waals surface area contributed by atoms with Crippen molar-refractivity contribution in [2.75, 3.05) is 13.1 Å². The minimum Gasteiger partial charge on any atom is -0.354 e. The lowest BCUT2D eigenvalue weighted by molar-refractivity contribution is -0.125. The van der Waals surface area contributed by atoms with E-state index in [1.165, 1.54) is 5.56 Å². The van der Waals surface area contributed by atoms with E-state index in [1.54, 1.807) is 11.3 Å². The molecule has 1 atom stereocenters. The summed E-state index contributed by atoms with van der Waals surface area (Å²) in [6.45, 7) is 4.40. The van der Waals surface area contributed by atoms with Crippen LogP contribution in [0.4, 0.5) is 0 Å².